The summed E-state index contributed by atoms with van der Waals surface area (Å²) in [7, 11) is 0. The Bertz CT molecular complexity index is 436. The third kappa shape index (κ3) is 2.19. The molecule has 1 aromatic carbocycles. The van der Waals surface area contributed by atoms with E-state index in [4.69, 9.17) is 4.74 Å². The average Bonchev–Trinajstić information content (AvgIpc) is 2.23. The van der Waals surface area contributed by atoms with Crippen LogP contribution in [0.4, 0.5) is 9.18 Å². The highest BCUT2D eigenvalue weighted by atomic mass is 79.9. The fraction of sp³-hybridized carbons (Fsp3) is 0.364. The van der Waals surface area contributed by atoms with E-state index >= 15 is 0 Å². The minimum atomic E-state index is -0.492. The van der Waals surface area contributed by atoms with Crippen molar-refractivity contribution in [2.75, 3.05) is 6.61 Å². The van der Waals surface area contributed by atoms with Crippen molar-refractivity contribution in [1.29, 1.82) is 0 Å². The molecule has 0 bridgehead atoms. The molecule has 0 saturated carbocycles. The van der Waals surface area contributed by atoms with Gasteiger partial charge in [-0.3, -0.25) is 0 Å². The van der Waals surface area contributed by atoms with E-state index in [0.717, 1.165) is 4.47 Å². The minimum Gasteiger partial charge on any atom is -0.449 e. The molecule has 86 valence electrons. The number of halogens is 2. The van der Waals surface area contributed by atoms with Crippen molar-refractivity contribution in [3.8, 4) is 0 Å². The van der Waals surface area contributed by atoms with Crippen LogP contribution in [0.25, 0.3) is 0 Å². The van der Waals surface area contributed by atoms with Gasteiger partial charge in [0.25, 0.3) is 0 Å². The summed E-state index contributed by atoms with van der Waals surface area (Å²) >= 11 is 3.32. The fourth-order valence-electron chi connectivity index (χ4n) is 1.76. The van der Waals surface area contributed by atoms with Crippen LogP contribution in [0, 0.1) is 12.7 Å². The van der Waals surface area contributed by atoms with Crippen LogP contribution in [0.15, 0.2) is 16.6 Å². The maximum Gasteiger partial charge on any atom is 0.407 e. The van der Waals surface area contributed by atoms with Crippen LogP contribution in [-0.2, 0) is 4.74 Å². The Morgan fingerprint density at radius 3 is 3.00 bits per heavy atom. The van der Waals surface area contributed by atoms with Crippen LogP contribution in [-0.4, -0.2) is 12.7 Å². The van der Waals surface area contributed by atoms with E-state index in [0.29, 0.717) is 24.2 Å². The Labute approximate surface area is 101 Å². The molecule has 0 aliphatic carbocycles. The Hall–Kier alpha value is -1.10. The number of alkyl carbamates (subject to hydrolysis) is 1. The van der Waals surface area contributed by atoms with Crippen molar-refractivity contribution in [2.45, 2.75) is 19.4 Å². The van der Waals surface area contributed by atoms with Gasteiger partial charge in [0.1, 0.15) is 5.82 Å². The van der Waals surface area contributed by atoms with Crippen molar-refractivity contribution in [2.24, 2.45) is 0 Å². The molecule has 1 atom stereocenters. The lowest BCUT2D eigenvalue weighted by atomic mass is 10.0. The van der Waals surface area contributed by atoms with Crippen LogP contribution < -0.4 is 5.32 Å². The lowest BCUT2D eigenvalue weighted by Gasteiger charge is -2.24. The zero-order valence-electron chi connectivity index (χ0n) is 8.72. The maximum atomic E-state index is 13.9. The van der Waals surface area contributed by atoms with Crippen molar-refractivity contribution in [3.63, 3.8) is 0 Å². The summed E-state index contributed by atoms with van der Waals surface area (Å²) in [6, 6.07) is 3.09. The summed E-state index contributed by atoms with van der Waals surface area (Å²) in [6.07, 6.45) is 0.0896. The molecule has 16 heavy (non-hydrogen) atoms. The normalized spacial score (nSPS) is 20.2. The molecule has 0 aromatic heterocycles. The van der Waals surface area contributed by atoms with Gasteiger partial charge in [0.05, 0.1) is 12.6 Å². The first-order valence-electron chi connectivity index (χ1n) is 4.97. The monoisotopic (exact) mass is 287 g/mol. The van der Waals surface area contributed by atoms with E-state index in [1.54, 1.807) is 19.1 Å². The van der Waals surface area contributed by atoms with Crippen molar-refractivity contribution >= 4 is 22.0 Å². The van der Waals surface area contributed by atoms with Crippen LogP contribution in [0.2, 0.25) is 0 Å². The molecule has 5 heteroatoms. The molecule has 1 saturated heterocycles. The van der Waals surface area contributed by atoms with Crippen molar-refractivity contribution in [3.05, 3.63) is 33.5 Å². The molecular weight excluding hydrogens is 277 g/mol. The van der Waals surface area contributed by atoms with Gasteiger partial charge in [0.2, 0.25) is 0 Å². The lowest BCUT2D eigenvalue weighted by Crippen LogP contribution is -2.35. The molecule has 1 aliphatic rings. The largest absolute Gasteiger partial charge is 0.449 e. The van der Waals surface area contributed by atoms with Gasteiger partial charge in [-0.1, -0.05) is 15.9 Å². The number of hydrogen-bond acceptors (Lipinski definition) is 2. The lowest BCUT2D eigenvalue weighted by molar-refractivity contribution is 0.115. The standard InChI is InChI=1S/C11H11BrFNO2/c1-6-4-7(12)5-8(10(6)13)9-2-3-16-11(15)14-9/h4-5,9H,2-3H2,1H3,(H,14,15)/t9-/m1/s1. The summed E-state index contributed by atoms with van der Waals surface area (Å²) < 4.78 is 19.4. The molecule has 1 fully saturated rings. The third-order valence-corrected chi connectivity index (χ3v) is 3.01. The number of amides is 1. The molecule has 1 heterocycles. The number of benzene rings is 1. The van der Waals surface area contributed by atoms with Gasteiger partial charge in [-0.2, -0.15) is 0 Å². The van der Waals surface area contributed by atoms with Gasteiger partial charge < -0.3 is 10.1 Å². The number of cyclic esters (lactones) is 1. The second-order valence-corrected chi connectivity index (χ2v) is 4.66. The fourth-order valence-corrected chi connectivity index (χ4v) is 2.35. The Kier molecular flexibility index (Phi) is 3.14. The predicted molar refractivity (Wildman–Crippen MR) is 60.7 cm³/mol. The third-order valence-electron chi connectivity index (χ3n) is 2.55. The molecule has 1 amide bonds. The highest BCUT2D eigenvalue weighted by Crippen LogP contribution is 2.28. The number of nitrogens with one attached hydrogen (secondary N) is 1. The number of hydrogen-bond donors (Lipinski definition) is 1. The summed E-state index contributed by atoms with van der Waals surface area (Å²) in [5, 5.41) is 2.61. The van der Waals surface area contributed by atoms with Crippen molar-refractivity contribution in [1.82, 2.24) is 5.32 Å². The number of carbonyl (C=O) groups is 1. The zero-order valence-corrected chi connectivity index (χ0v) is 10.3. The Balaban J connectivity index is 2.35. The van der Waals surface area contributed by atoms with Crippen LogP contribution >= 0.6 is 15.9 Å². The summed E-state index contributed by atoms with van der Waals surface area (Å²) in [5.74, 6) is -0.268. The number of ether oxygens (including phenoxy) is 1. The summed E-state index contributed by atoms with van der Waals surface area (Å²) in [4.78, 5) is 11.1. The quantitative estimate of drug-likeness (QED) is 0.862. The SMILES string of the molecule is Cc1cc(Br)cc([C@H]2CCOC(=O)N2)c1F. The topological polar surface area (TPSA) is 38.3 Å². The number of aryl methyl sites for hydroxylation is 1. The number of carbonyl (C=O) groups excluding carboxylic acids is 1. The van der Waals surface area contributed by atoms with E-state index in [-0.39, 0.29) is 11.9 Å². The van der Waals surface area contributed by atoms with Gasteiger partial charge >= 0.3 is 6.09 Å². The molecular formula is C11H11BrFNO2. The first kappa shape index (κ1) is 11.4. The molecule has 1 N–H and O–H groups in total. The average molecular weight is 288 g/mol. The molecule has 1 aromatic rings. The Morgan fingerprint density at radius 2 is 2.31 bits per heavy atom. The van der Waals surface area contributed by atoms with Gasteiger partial charge in [-0.05, 0) is 24.6 Å². The molecule has 2 rings (SSSR count). The molecule has 1 aliphatic heterocycles. The van der Waals surface area contributed by atoms with Crippen LogP contribution in [0.1, 0.15) is 23.6 Å². The Morgan fingerprint density at radius 1 is 1.56 bits per heavy atom. The smallest absolute Gasteiger partial charge is 0.407 e. The molecule has 3 nitrogen and oxygen atoms in total. The molecule has 0 spiro atoms. The minimum absolute atomic E-state index is 0.268. The first-order chi connectivity index (χ1) is 7.58. The maximum absolute atomic E-state index is 13.9. The predicted octanol–water partition coefficient (Wildman–Crippen LogP) is 3.07. The number of rotatable bonds is 1. The van der Waals surface area contributed by atoms with Crippen LogP contribution in [0.5, 0.6) is 0 Å². The second kappa shape index (κ2) is 4.41. The van der Waals surface area contributed by atoms with E-state index in [1.165, 1.54) is 0 Å². The van der Waals surface area contributed by atoms with Gasteiger partial charge in [-0.25, -0.2) is 9.18 Å². The van der Waals surface area contributed by atoms with E-state index in [2.05, 4.69) is 21.2 Å². The first-order valence-corrected chi connectivity index (χ1v) is 5.76. The van der Waals surface area contributed by atoms with Crippen LogP contribution in [0.3, 0.4) is 0 Å². The van der Waals surface area contributed by atoms with Gasteiger partial charge in [0, 0.05) is 16.5 Å². The highest BCUT2D eigenvalue weighted by Gasteiger charge is 2.24. The van der Waals surface area contributed by atoms with E-state index in [1.807, 2.05) is 0 Å². The van der Waals surface area contributed by atoms with E-state index in [9.17, 15) is 9.18 Å². The molecule has 0 radical (unpaired) electrons. The molecule has 0 unspecified atom stereocenters. The van der Waals surface area contributed by atoms with Crippen molar-refractivity contribution < 1.29 is 13.9 Å². The van der Waals surface area contributed by atoms with Gasteiger partial charge in [0.15, 0.2) is 0 Å². The second-order valence-electron chi connectivity index (χ2n) is 3.75. The van der Waals surface area contributed by atoms with Gasteiger partial charge in [-0.15, -0.1) is 0 Å². The summed E-state index contributed by atoms with van der Waals surface area (Å²) in [5.41, 5.74) is 1.06. The highest BCUT2D eigenvalue weighted by molar-refractivity contribution is 9.10. The zero-order chi connectivity index (χ0) is 11.7. The van der Waals surface area contributed by atoms with E-state index < -0.39 is 6.09 Å². The summed E-state index contributed by atoms with van der Waals surface area (Å²) in [6.45, 7) is 2.02.